The number of aryl methyl sites for hydroxylation is 1. The van der Waals surface area contributed by atoms with Crippen molar-refractivity contribution in [1.29, 1.82) is 0 Å². The van der Waals surface area contributed by atoms with Crippen molar-refractivity contribution in [3.05, 3.63) is 87.6 Å². The van der Waals surface area contributed by atoms with Crippen LogP contribution in [0.2, 0.25) is 0 Å². The maximum absolute atomic E-state index is 13.3. The van der Waals surface area contributed by atoms with Crippen LogP contribution >= 0.6 is 19.8 Å². The molecule has 0 radical (unpaired) electrons. The van der Waals surface area contributed by atoms with Crippen molar-refractivity contribution in [2.45, 2.75) is 19.8 Å². The van der Waals surface area contributed by atoms with E-state index in [2.05, 4.69) is 48.0 Å². The van der Waals surface area contributed by atoms with E-state index in [1.807, 2.05) is 36.4 Å². The van der Waals surface area contributed by atoms with E-state index in [-0.39, 0.29) is 5.91 Å². The van der Waals surface area contributed by atoms with Crippen LogP contribution in [-0.4, -0.2) is 61.6 Å². The number of allylic oxidation sites excluding steroid dienone is 4. The smallest absolute Gasteiger partial charge is 0.378 e. The number of hydrogen-bond acceptors (Lipinski definition) is 6. The zero-order chi connectivity index (χ0) is 28.1. The Kier molecular flexibility index (Phi) is 9.06. The number of benzene rings is 2. The van der Waals surface area contributed by atoms with Gasteiger partial charge in [-0.05, 0) is 0 Å². The minimum atomic E-state index is -1.85. The summed E-state index contributed by atoms with van der Waals surface area (Å²) in [6.07, 6.45) is 10.5. The molecule has 0 bridgehead atoms. The van der Waals surface area contributed by atoms with Crippen LogP contribution in [0, 0.1) is 6.92 Å². The van der Waals surface area contributed by atoms with Crippen molar-refractivity contribution in [3.63, 3.8) is 0 Å². The summed E-state index contributed by atoms with van der Waals surface area (Å²) in [5.41, 5.74) is 5.53. The average Bonchev–Trinajstić information content (AvgIpc) is 2.97. The van der Waals surface area contributed by atoms with Gasteiger partial charge in [0, 0.05) is 0 Å². The van der Waals surface area contributed by atoms with Gasteiger partial charge in [-0.3, -0.25) is 0 Å². The fourth-order valence-electron chi connectivity index (χ4n) is 5.00. The van der Waals surface area contributed by atoms with Gasteiger partial charge >= 0.3 is 227 Å². The first-order chi connectivity index (χ1) is 19.5. The molecule has 3 aliphatic heterocycles. The third kappa shape index (κ3) is 6.18. The van der Waals surface area contributed by atoms with Crippen LogP contribution in [0.1, 0.15) is 29.5 Å². The van der Waals surface area contributed by atoms with E-state index in [9.17, 15) is 4.79 Å². The Morgan fingerprint density at radius 2 is 1.90 bits per heavy atom. The van der Waals surface area contributed by atoms with Crippen molar-refractivity contribution >= 4 is 46.4 Å². The average molecular weight is 654 g/mol. The second-order valence-electron chi connectivity index (χ2n) is 9.70. The molecule has 7 nitrogen and oxygen atoms in total. The summed E-state index contributed by atoms with van der Waals surface area (Å²) >= 11 is -1.85. The van der Waals surface area contributed by atoms with Crippen LogP contribution in [0.5, 0.6) is 11.5 Å². The van der Waals surface area contributed by atoms with Gasteiger partial charge in [-0.25, -0.2) is 0 Å². The molecule has 3 aliphatic rings. The number of anilines is 1. The van der Waals surface area contributed by atoms with Gasteiger partial charge in [0.1, 0.15) is 0 Å². The van der Waals surface area contributed by atoms with Gasteiger partial charge in [0.2, 0.25) is 0 Å². The zero-order valence-electron chi connectivity index (χ0n) is 23.3. The van der Waals surface area contributed by atoms with Crippen LogP contribution in [0.4, 0.5) is 5.69 Å². The van der Waals surface area contributed by atoms with Crippen molar-refractivity contribution < 1.29 is 19.0 Å². The molecule has 3 heterocycles. The molecular weight excluding hydrogens is 617 g/mol. The van der Waals surface area contributed by atoms with Crippen LogP contribution in [0.15, 0.2) is 75.9 Å². The molecule has 1 amide bonds. The summed E-state index contributed by atoms with van der Waals surface area (Å²) in [4.78, 5) is 20.4. The molecule has 0 unspecified atom stereocenters. The predicted molar refractivity (Wildman–Crippen MR) is 172 cm³/mol. The number of aliphatic imine (C=N–C) groups is 1. The predicted octanol–water partition coefficient (Wildman–Crippen LogP) is 6.45. The van der Waals surface area contributed by atoms with Crippen molar-refractivity contribution in [3.8, 4) is 11.5 Å². The van der Waals surface area contributed by atoms with Crippen molar-refractivity contribution in [2.24, 2.45) is 4.99 Å². The number of ether oxygens (including phenoxy) is 3. The molecule has 5 rings (SSSR count). The van der Waals surface area contributed by atoms with E-state index >= 15 is 0 Å². The van der Waals surface area contributed by atoms with Crippen LogP contribution in [0.3, 0.4) is 0 Å². The van der Waals surface area contributed by atoms with E-state index in [1.165, 1.54) is 7.16 Å². The Labute approximate surface area is 243 Å². The van der Waals surface area contributed by atoms with E-state index in [4.69, 9.17) is 19.2 Å². The molecule has 0 aliphatic carbocycles. The van der Waals surface area contributed by atoms with Crippen LogP contribution in [-0.2, 0) is 9.53 Å². The molecular formula is C32H36IN3O4. The summed E-state index contributed by atoms with van der Waals surface area (Å²) in [5.74, 6) is 1.25. The Balaban J connectivity index is 1.32. The molecule has 0 atom stereocenters. The zero-order valence-corrected chi connectivity index (χ0v) is 25.5. The van der Waals surface area contributed by atoms with Gasteiger partial charge in [-0.1, -0.05) is 0 Å². The minimum absolute atomic E-state index is 0.170. The van der Waals surface area contributed by atoms with E-state index in [1.54, 1.807) is 14.2 Å². The first-order valence-electron chi connectivity index (χ1n) is 13.4. The minimum Gasteiger partial charge on any atom is -0.378 e. The standard InChI is InChI=1S/C32H36IN3O4/c1-22-18-26(11-12-27(22)23(2)36-14-16-40-17-15-36)35-32(37)29-20-25-8-6-5-7-9-28(33(25)21-34-29)24-10-13-30(38-3)31(19-24)39-4/h5,7,9-13,18-20H,2,6,8,14-17,21H2,1,3-4H3,(H,35,37)/b7-5-,28-9-. The number of carbonyl (C=O) groups excluding carboxylic acids is 1. The molecule has 0 aromatic heterocycles. The SMILES string of the molecule is C=C(c1ccc(NC(=O)C2=NCI3C(=C2)CC/C=C\C=C/3c2ccc(OC)c(OC)c2)cc1C)N1CCOCC1. The van der Waals surface area contributed by atoms with E-state index in [0.717, 1.165) is 67.2 Å². The summed E-state index contributed by atoms with van der Waals surface area (Å²) in [6.45, 7) is 9.48. The second kappa shape index (κ2) is 12.9. The topological polar surface area (TPSA) is 72.4 Å². The molecule has 2 aromatic carbocycles. The van der Waals surface area contributed by atoms with Gasteiger partial charge in [0.15, 0.2) is 0 Å². The Bertz CT molecular complexity index is 1420. The summed E-state index contributed by atoms with van der Waals surface area (Å²) in [6, 6.07) is 12.1. The quantitative estimate of drug-likeness (QED) is 0.212. The number of methoxy groups -OCH3 is 2. The summed E-state index contributed by atoms with van der Waals surface area (Å²) in [5, 5.41) is 3.07. The molecule has 2 aromatic rings. The van der Waals surface area contributed by atoms with Crippen molar-refractivity contribution in [1.82, 2.24) is 4.90 Å². The Hall–Kier alpha value is -3.37. The fourth-order valence-corrected chi connectivity index (χ4v) is 10.6. The maximum atomic E-state index is 13.3. The summed E-state index contributed by atoms with van der Waals surface area (Å²) in [7, 11) is 3.30. The molecule has 1 saturated heterocycles. The number of hydrogen-bond donors (Lipinski definition) is 1. The third-order valence-corrected chi connectivity index (χ3v) is 13.1. The van der Waals surface area contributed by atoms with Gasteiger partial charge in [0.25, 0.3) is 0 Å². The number of alkyl halides is 1. The second-order valence-corrected chi connectivity index (χ2v) is 15.0. The summed E-state index contributed by atoms with van der Waals surface area (Å²) < 4.78 is 19.8. The number of nitrogens with one attached hydrogen (secondary N) is 1. The first-order valence-corrected chi connectivity index (χ1v) is 17.1. The normalized spacial score (nSPS) is 20.0. The number of nitrogens with zero attached hydrogens (tertiary/aromatic N) is 2. The Morgan fingerprint density at radius 1 is 1.10 bits per heavy atom. The van der Waals surface area contributed by atoms with Crippen LogP contribution < -0.4 is 14.8 Å². The fraction of sp³-hybridized carbons (Fsp3) is 0.312. The molecule has 0 saturated carbocycles. The molecule has 0 spiro atoms. The molecule has 1 fully saturated rings. The molecule has 8 heteroatoms. The Morgan fingerprint density at radius 3 is 2.65 bits per heavy atom. The molecule has 1 N–H and O–H groups in total. The number of amides is 1. The number of fused-ring (bicyclic) bond motifs is 1. The van der Waals surface area contributed by atoms with Gasteiger partial charge in [-0.2, -0.15) is 0 Å². The van der Waals surface area contributed by atoms with Gasteiger partial charge < -0.3 is 4.74 Å². The van der Waals surface area contributed by atoms with E-state index < -0.39 is 19.8 Å². The number of halogens is 1. The molecule has 40 heavy (non-hydrogen) atoms. The van der Waals surface area contributed by atoms with Crippen LogP contribution in [0.25, 0.3) is 9.28 Å². The van der Waals surface area contributed by atoms with E-state index in [0.29, 0.717) is 21.8 Å². The van der Waals surface area contributed by atoms with Gasteiger partial charge in [-0.15, -0.1) is 0 Å². The van der Waals surface area contributed by atoms with Gasteiger partial charge in [0.05, 0.1) is 13.2 Å². The number of carbonyl (C=O) groups is 1. The third-order valence-electron chi connectivity index (χ3n) is 7.19. The first kappa shape index (κ1) is 28.2. The van der Waals surface area contributed by atoms with Crippen molar-refractivity contribution in [2.75, 3.05) is 50.4 Å². The number of rotatable bonds is 7. The molecule has 210 valence electrons. The number of morpholine rings is 1. The monoisotopic (exact) mass is 653 g/mol.